The average molecular weight is 607 g/mol. The standard InChI is InChI=1S/C21H29Si2.C5H5.C3H6.2ClH.Zr/c1-14-9-16-11-17-10-15(2)21(23(6,7)8)13-19(17)18(16)12-20(14)22(3,4)5;1-2-4-5-3-1;1-3-2;;;/h9-13H,1-8H3;1-3H,4H2;1-2H3;2*1H;/q;;;;;+2/p-2. The Kier molecular flexibility index (Phi) is 9.31. The summed E-state index contributed by atoms with van der Waals surface area (Å²) in [6, 6.07) is 10.5. The van der Waals surface area contributed by atoms with E-state index in [1.54, 1.807) is 39.1 Å². The third-order valence-corrected chi connectivity index (χ3v) is 19.8. The molecule has 0 spiro atoms. The van der Waals surface area contributed by atoms with Crippen molar-refractivity contribution in [3.63, 3.8) is 0 Å². The minimum Gasteiger partial charge on any atom is -1.00 e. The summed E-state index contributed by atoms with van der Waals surface area (Å²) in [4.78, 5) is 0. The van der Waals surface area contributed by atoms with Crippen molar-refractivity contribution >= 4 is 29.7 Å². The monoisotopic (exact) mass is 604 g/mol. The Bertz CT molecular complexity index is 1130. The van der Waals surface area contributed by atoms with E-state index in [0.29, 0.717) is 3.63 Å². The van der Waals surface area contributed by atoms with Gasteiger partial charge in [0.25, 0.3) is 0 Å². The maximum atomic E-state index is 2.63. The van der Waals surface area contributed by atoms with Gasteiger partial charge in [-0.05, 0) is 0 Å². The first-order valence-electron chi connectivity index (χ1n) is 12.1. The topological polar surface area (TPSA) is 0 Å². The fourth-order valence-electron chi connectivity index (χ4n) is 5.94. The molecule has 2 aliphatic carbocycles. The number of aryl methyl sites for hydroxylation is 2. The van der Waals surface area contributed by atoms with Crippen LogP contribution >= 0.6 is 0 Å². The van der Waals surface area contributed by atoms with Crippen molar-refractivity contribution in [1.29, 1.82) is 0 Å². The van der Waals surface area contributed by atoms with E-state index in [2.05, 4.69) is 109 Å². The van der Waals surface area contributed by atoms with Crippen molar-refractivity contribution in [2.75, 3.05) is 0 Å². The molecule has 0 bridgehead atoms. The number of rotatable bonds is 4. The fraction of sp³-hybridized carbons (Fsp3) is 0.414. The Balaban J connectivity index is 0.00000204. The number of fused-ring (bicyclic) bond motifs is 3. The van der Waals surface area contributed by atoms with Crippen LogP contribution in [0.1, 0.15) is 46.1 Å². The normalized spacial score (nSPS) is 14.4. The molecule has 0 aromatic heterocycles. The van der Waals surface area contributed by atoms with Crippen LogP contribution in [-0.4, -0.2) is 19.4 Å². The quantitative estimate of drug-likeness (QED) is 0.459. The molecule has 0 N–H and O–H groups in total. The van der Waals surface area contributed by atoms with Crippen molar-refractivity contribution < 1.29 is 46.1 Å². The molecule has 0 saturated carbocycles. The van der Waals surface area contributed by atoms with E-state index < -0.39 is 37.4 Å². The molecule has 0 radical (unpaired) electrons. The van der Waals surface area contributed by atoms with Gasteiger partial charge in [-0.15, -0.1) is 0 Å². The van der Waals surface area contributed by atoms with E-state index in [1.807, 2.05) is 0 Å². The zero-order chi connectivity index (χ0) is 23.6. The number of hydrogen-bond acceptors (Lipinski definition) is 0. The molecule has 0 atom stereocenters. The van der Waals surface area contributed by atoms with Gasteiger partial charge >= 0.3 is 207 Å². The van der Waals surface area contributed by atoms with Crippen LogP contribution in [0.25, 0.3) is 11.1 Å². The molecule has 2 aromatic rings. The number of allylic oxidation sites excluding steroid dienone is 4. The van der Waals surface area contributed by atoms with Crippen LogP contribution < -0.4 is 35.2 Å². The van der Waals surface area contributed by atoms with E-state index in [9.17, 15) is 0 Å². The van der Waals surface area contributed by atoms with Gasteiger partial charge in [0.15, 0.2) is 0 Å². The van der Waals surface area contributed by atoms with Gasteiger partial charge in [0.2, 0.25) is 0 Å². The Labute approximate surface area is 230 Å². The van der Waals surface area contributed by atoms with E-state index in [4.69, 9.17) is 0 Å². The Hall–Kier alpha value is -0.313. The summed E-state index contributed by atoms with van der Waals surface area (Å²) in [5.74, 6) is 0. The SMILES string of the molecule is C[C](C)=[Zr+2]([C]1=CC=CC1)[CH]1c2cc(C)c([Si](C)(C)C)cc2-c2cc([Si](C)(C)C)c(C)cc21.[Cl-].[Cl-]. The molecule has 0 saturated heterocycles. The minimum atomic E-state index is -2.04. The summed E-state index contributed by atoms with van der Waals surface area (Å²) in [6.07, 6.45) is 8.31. The maximum absolute atomic E-state index is 2.63. The largest absolute Gasteiger partial charge is 1.00 e. The molecule has 5 heteroatoms. The third-order valence-electron chi connectivity index (χ3n) is 7.27. The van der Waals surface area contributed by atoms with E-state index in [1.165, 1.54) is 17.5 Å². The van der Waals surface area contributed by atoms with Gasteiger partial charge in [0.05, 0.1) is 0 Å². The average Bonchev–Trinajstić information content (AvgIpc) is 3.26. The van der Waals surface area contributed by atoms with Gasteiger partial charge in [0.1, 0.15) is 0 Å². The van der Waals surface area contributed by atoms with E-state index >= 15 is 0 Å². The summed E-state index contributed by atoms with van der Waals surface area (Å²) < 4.78 is 4.13. The molecule has 0 nitrogen and oxygen atoms in total. The van der Waals surface area contributed by atoms with Crippen molar-refractivity contribution in [2.24, 2.45) is 0 Å². The summed E-state index contributed by atoms with van der Waals surface area (Å²) in [7, 11) is -2.80. The first-order valence-corrected chi connectivity index (χ1v) is 23.0. The van der Waals surface area contributed by atoms with Crippen molar-refractivity contribution in [3.05, 3.63) is 68.0 Å². The molecule has 2 aromatic carbocycles. The fourth-order valence-corrected chi connectivity index (χ4v) is 17.7. The van der Waals surface area contributed by atoms with Crippen LogP contribution in [-0.2, 0) is 21.3 Å². The second-order valence-corrected chi connectivity index (χ2v) is 29.7. The van der Waals surface area contributed by atoms with E-state index in [-0.39, 0.29) is 24.8 Å². The van der Waals surface area contributed by atoms with Crippen LogP contribution in [0.2, 0.25) is 39.3 Å². The number of halogens is 2. The molecule has 4 rings (SSSR count). The van der Waals surface area contributed by atoms with Gasteiger partial charge in [-0.2, -0.15) is 0 Å². The zero-order valence-electron chi connectivity index (χ0n) is 22.6. The first-order chi connectivity index (χ1) is 14.8. The number of benzene rings is 2. The Morgan fingerprint density at radius 3 is 1.53 bits per heavy atom. The molecular weight excluding hydrogens is 567 g/mol. The zero-order valence-corrected chi connectivity index (χ0v) is 28.6. The van der Waals surface area contributed by atoms with Crippen LogP contribution in [0.15, 0.2) is 45.8 Å². The number of hydrogen-bond donors (Lipinski definition) is 0. The van der Waals surface area contributed by atoms with Crippen LogP contribution in [0.4, 0.5) is 0 Å². The summed E-state index contributed by atoms with van der Waals surface area (Å²) in [5, 5.41) is 3.28. The third kappa shape index (κ3) is 5.35. The molecule has 2 aliphatic rings. The summed E-state index contributed by atoms with van der Waals surface area (Å²) >= 11 is -2.04. The van der Waals surface area contributed by atoms with Gasteiger partial charge in [-0.25, -0.2) is 0 Å². The van der Waals surface area contributed by atoms with Crippen LogP contribution in [0, 0.1) is 13.8 Å². The minimum absolute atomic E-state index is 0. The molecule has 0 unspecified atom stereocenters. The predicted octanol–water partition coefficient (Wildman–Crippen LogP) is 1.15. The molecule has 0 heterocycles. The Morgan fingerprint density at radius 2 is 1.21 bits per heavy atom. The molecule has 182 valence electrons. The van der Waals surface area contributed by atoms with Crippen molar-refractivity contribution in [3.8, 4) is 11.1 Å². The van der Waals surface area contributed by atoms with Gasteiger partial charge in [-0.3, -0.25) is 0 Å². The molecule has 0 aliphatic heterocycles. The van der Waals surface area contributed by atoms with Crippen LogP contribution in [0.3, 0.4) is 0 Å². The van der Waals surface area contributed by atoms with Gasteiger partial charge in [-0.1, -0.05) is 0 Å². The summed E-state index contributed by atoms with van der Waals surface area (Å²) in [5.41, 5.74) is 9.48. The molecule has 0 amide bonds. The molecule has 0 fully saturated rings. The van der Waals surface area contributed by atoms with Crippen LogP contribution in [0.5, 0.6) is 0 Å². The van der Waals surface area contributed by atoms with Crippen molar-refractivity contribution in [2.45, 2.75) is 77.0 Å². The van der Waals surface area contributed by atoms with Crippen molar-refractivity contribution in [1.82, 2.24) is 0 Å². The van der Waals surface area contributed by atoms with Gasteiger partial charge in [0, 0.05) is 0 Å². The second kappa shape index (κ2) is 10.6. The molecular formula is C29H40Cl2Si2Zr. The Morgan fingerprint density at radius 1 is 0.765 bits per heavy atom. The summed E-state index contributed by atoms with van der Waals surface area (Å²) in [6.45, 7) is 24.6. The maximum Gasteiger partial charge on any atom is -1.00 e. The molecule has 34 heavy (non-hydrogen) atoms. The second-order valence-electron chi connectivity index (χ2n) is 12.2. The van der Waals surface area contributed by atoms with Gasteiger partial charge < -0.3 is 24.8 Å². The first kappa shape index (κ1) is 29.9. The van der Waals surface area contributed by atoms with E-state index in [0.717, 1.165) is 0 Å². The predicted molar refractivity (Wildman–Crippen MR) is 147 cm³/mol. The smallest absolute Gasteiger partial charge is 1.00 e.